The van der Waals surface area contributed by atoms with Gasteiger partial charge in [-0.25, -0.2) is 13.1 Å². The fraction of sp³-hybridized carbons (Fsp3) is 0.300. The highest BCUT2D eigenvalue weighted by Gasteiger charge is 2.40. The van der Waals surface area contributed by atoms with Crippen LogP contribution in [0.1, 0.15) is 18.5 Å². The number of anilines is 1. The first kappa shape index (κ1) is 21.8. The Bertz CT molecular complexity index is 1290. The SMILES string of the molecule is Cc1c(NC(=O)C2CCCN2S(=O)(=O)c2ccc(Cl)s2)c(=O)n(-c2ccccc2)n1C. The third-order valence-electron chi connectivity index (χ3n) is 5.42. The Labute approximate surface area is 188 Å². The second-order valence-electron chi connectivity index (χ2n) is 7.26. The number of thiophene rings is 1. The van der Waals surface area contributed by atoms with Crippen LogP contribution in [-0.2, 0) is 21.9 Å². The molecular formula is C20H21ClN4O4S2. The Morgan fingerprint density at radius 3 is 2.55 bits per heavy atom. The molecule has 164 valence electrons. The van der Waals surface area contributed by atoms with Gasteiger partial charge in [-0.05, 0) is 44.0 Å². The lowest BCUT2D eigenvalue weighted by Crippen LogP contribution is -2.43. The van der Waals surface area contributed by atoms with Crippen LogP contribution in [0.15, 0.2) is 51.5 Å². The Kier molecular flexibility index (Phi) is 5.82. The maximum Gasteiger partial charge on any atom is 0.295 e. The zero-order chi connectivity index (χ0) is 22.3. The first-order valence-electron chi connectivity index (χ1n) is 9.64. The molecule has 1 unspecified atom stereocenters. The van der Waals surface area contributed by atoms with Crippen LogP contribution in [0.4, 0.5) is 5.69 Å². The smallest absolute Gasteiger partial charge is 0.295 e. The molecule has 1 aliphatic heterocycles. The molecule has 1 aromatic carbocycles. The van der Waals surface area contributed by atoms with Crippen LogP contribution >= 0.6 is 22.9 Å². The summed E-state index contributed by atoms with van der Waals surface area (Å²) in [5, 5.41) is 2.69. The standard InChI is InChI=1S/C20H21ClN4O4S2/c1-13-18(20(27)25(23(13)2)14-7-4-3-5-8-14)22-19(26)15-9-6-12-24(15)31(28,29)17-11-10-16(21)30-17/h3-5,7-8,10-11,15H,6,9,12H2,1-2H3,(H,22,26). The third kappa shape index (κ3) is 3.84. The number of hydrogen-bond acceptors (Lipinski definition) is 5. The zero-order valence-electron chi connectivity index (χ0n) is 16.9. The van der Waals surface area contributed by atoms with E-state index in [9.17, 15) is 18.0 Å². The Balaban J connectivity index is 1.64. The van der Waals surface area contributed by atoms with E-state index in [2.05, 4.69) is 5.32 Å². The van der Waals surface area contributed by atoms with Crippen LogP contribution in [0.2, 0.25) is 4.34 Å². The maximum absolute atomic E-state index is 13.1. The molecule has 0 aliphatic carbocycles. The molecule has 1 aliphatic rings. The van der Waals surface area contributed by atoms with Gasteiger partial charge in [-0.15, -0.1) is 11.3 Å². The van der Waals surface area contributed by atoms with E-state index >= 15 is 0 Å². The molecule has 1 fully saturated rings. The summed E-state index contributed by atoms with van der Waals surface area (Å²) in [7, 11) is -2.12. The maximum atomic E-state index is 13.1. The average Bonchev–Trinajstić information content (AvgIpc) is 3.45. The average molecular weight is 481 g/mol. The van der Waals surface area contributed by atoms with E-state index in [4.69, 9.17) is 11.6 Å². The van der Waals surface area contributed by atoms with E-state index in [1.165, 1.54) is 21.1 Å². The van der Waals surface area contributed by atoms with Gasteiger partial charge in [0.2, 0.25) is 5.91 Å². The molecule has 1 N–H and O–H groups in total. The summed E-state index contributed by atoms with van der Waals surface area (Å²) in [4.78, 5) is 26.1. The number of amides is 1. The highest BCUT2D eigenvalue weighted by molar-refractivity contribution is 7.91. The van der Waals surface area contributed by atoms with Crippen LogP contribution in [0.5, 0.6) is 0 Å². The van der Waals surface area contributed by atoms with Crippen molar-refractivity contribution in [2.75, 3.05) is 11.9 Å². The minimum atomic E-state index is -3.85. The molecule has 3 aromatic rings. The molecule has 1 saturated heterocycles. The summed E-state index contributed by atoms with van der Waals surface area (Å²) in [6, 6.07) is 11.1. The number of halogens is 1. The summed E-state index contributed by atoms with van der Waals surface area (Å²) in [5.74, 6) is -0.519. The van der Waals surface area contributed by atoms with Crippen molar-refractivity contribution in [1.82, 2.24) is 13.7 Å². The van der Waals surface area contributed by atoms with Gasteiger partial charge in [-0.1, -0.05) is 29.8 Å². The molecule has 1 amide bonds. The van der Waals surface area contributed by atoms with Gasteiger partial charge < -0.3 is 5.32 Å². The lowest BCUT2D eigenvalue weighted by molar-refractivity contribution is -0.119. The molecule has 11 heteroatoms. The minimum Gasteiger partial charge on any atom is -0.319 e. The van der Waals surface area contributed by atoms with Crippen molar-refractivity contribution >= 4 is 44.6 Å². The number of para-hydroxylation sites is 1. The van der Waals surface area contributed by atoms with E-state index in [1.54, 1.807) is 30.8 Å². The van der Waals surface area contributed by atoms with Gasteiger partial charge in [-0.3, -0.25) is 14.3 Å². The number of rotatable bonds is 5. The van der Waals surface area contributed by atoms with Crippen molar-refractivity contribution < 1.29 is 13.2 Å². The van der Waals surface area contributed by atoms with Crippen LogP contribution in [-0.4, -0.2) is 40.6 Å². The Hall–Kier alpha value is -2.40. The summed E-state index contributed by atoms with van der Waals surface area (Å²) < 4.78 is 30.8. The highest BCUT2D eigenvalue weighted by atomic mass is 35.5. The quantitative estimate of drug-likeness (QED) is 0.607. The molecule has 0 bridgehead atoms. The van der Waals surface area contributed by atoms with Gasteiger partial charge >= 0.3 is 0 Å². The van der Waals surface area contributed by atoms with Crippen molar-refractivity contribution in [2.45, 2.75) is 30.0 Å². The molecule has 0 saturated carbocycles. The fourth-order valence-electron chi connectivity index (χ4n) is 3.76. The van der Waals surface area contributed by atoms with Crippen LogP contribution in [0.25, 0.3) is 5.69 Å². The van der Waals surface area contributed by atoms with E-state index in [0.29, 0.717) is 28.6 Å². The van der Waals surface area contributed by atoms with E-state index in [0.717, 1.165) is 11.3 Å². The van der Waals surface area contributed by atoms with Crippen molar-refractivity contribution in [2.24, 2.45) is 7.05 Å². The van der Waals surface area contributed by atoms with Crippen molar-refractivity contribution in [3.05, 3.63) is 62.8 Å². The number of sulfonamides is 1. The number of nitrogens with zero attached hydrogens (tertiary/aromatic N) is 3. The number of benzene rings is 1. The molecule has 0 radical (unpaired) electrons. The van der Waals surface area contributed by atoms with E-state index < -0.39 is 22.0 Å². The minimum absolute atomic E-state index is 0.0968. The number of carbonyl (C=O) groups is 1. The monoisotopic (exact) mass is 480 g/mol. The third-order valence-corrected chi connectivity index (χ3v) is 9.03. The van der Waals surface area contributed by atoms with Gasteiger partial charge in [0.25, 0.3) is 15.6 Å². The topological polar surface area (TPSA) is 93.4 Å². The van der Waals surface area contributed by atoms with Gasteiger partial charge in [0.05, 0.1) is 15.7 Å². The number of carbonyl (C=O) groups excluding carboxylic acids is 1. The van der Waals surface area contributed by atoms with E-state index in [-0.39, 0.29) is 22.0 Å². The molecule has 1 atom stereocenters. The lowest BCUT2D eigenvalue weighted by atomic mass is 10.2. The highest BCUT2D eigenvalue weighted by Crippen LogP contribution is 2.32. The number of aromatic nitrogens is 2. The summed E-state index contributed by atoms with van der Waals surface area (Å²) in [6.07, 6.45) is 0.932. The second kappa shape index (κ2) is 8.27. The predicted molar refractivity (Wildman–Crippen MR) is 121 cm³/mol. The molecule has 8 nitrogen and oxygen atoms in total. The van der Waals surface area contributed by atoms with Gasteiger partial charge in [-0.2, -0.15) is 4.31 Å². The molecule has 31 heavy (non-hydrogen) atoms. The van der Waals surface area contributed by atoms with Crippen molar-refractivity contribution in [3.8, 4) is 5.69 Å². The second-order valence-corrected chi connectivity index (χ2v) is 11.1. The first-order chi connectivity index (χ1) is 14.7. The lowest BCUT2D eigenvalue weighted by Gasteiger charge is -2.22. The van der Waals surface area contributed by atoms with Crippen LogP contribution < -0.4 is 10.9 Å². The van der Waals surface area contributed by atoms with E-state index in [1.807, 2.05) is 18.2 Å². The summed E-state index contributed by atoms with van der Waals surface area (Å²) >= 11 is 6.85. The number of nitrogens with one attached hydrogen (secondary N) is 1. The molecule has 4 rings (SSSR count). The normalized spacial score (nSPS) is 17.2. The molecular weight excluding hydrogens is 460 g/mol. The van der Waals surface area contributed by atoms with Gasteiger partial charge in [0.1, 0.15) is 15.9 Å². The first-order valence-corrected chi connectivity index (χ1v) is 12.3. The fourth-order valence-corrected chi connectivity index (χ4v) is 7.03. The predicted octanol–water partition coefficient (Wildman–Crippen LogP) is 2.99. The van der Waals surface area contributed by atoms with Crippen LogP contribution in [0, 0.1) is 6.92 Å². The largest absolute Gasteiger partial charge is 0.319 e. The zero-order valence-corrected chi connectivity index (χ0v) is 19.3. The molecule has 2 aromatic heterocycles. The van der Waals surface area contributed by atoms with Gasteiger partial charge in [0, 0.05) is 13.6 Å². The summed E-state index contributed by atoms with van der Waals surface area (Å²) in [5.41, 5.74) is 0.995. The van der Waals surface area contributed by atoms with Crippen molar-refractivity contribution in [1.29, 1.82) is 0 Å². The van der Waals surface area contributed by atoms with Crippen molar-refractivity contribution in [3.63, 3.8) is 0 Å². The van der Waals surface area contributed by atoms with Gasteiger partial charge in [0.15, 0.2) is 0 Å². The summed E-state index contributed by atoms with van der Waals surface area (Å²) in [6.45, 7) is 1.96. The van der Waals surface area contributed by atoms with Crippen LogP contribution in [0.3, 0.4) is 0 Å². The Morgan fingerprint density at radius 1 is 1.19 bits per heavy atom. The molecule has 3 heterocycles. The molecule has 0 spiro atoms. The number of hydrogen-bond donors (Lipinski definition) is 1. The Morgan fingerprint density at radius 2 is 1.90 bits per heavy atom.